The van der Waals surface area contributed by atoms with E-state index in [0.717, 1.165) is 12.1 Å². The number of halogens is 3. The number of aromatic nitrogens is 2. The molecule has 0 spiro atoms. The zero-order valence-corrected chi connectivity index (χ0v) is 11.9. The van der Waals surface area contributed by atoms with Crippen LogP contribution in [0.1, 0.15) is 5.56 Å². The first-order chi connectivity index (χ1) is 10.5. The summed E-state index contributed by atoms with van der Waals surface area (Å²) in [6, 6.07) is 8.70. The summed E-state index contributed by atoms with van der Waals surface area (Å²) in [6.07, 6.45) is 0. The van der Waals surface area contributed by atoms with Gasteiger partial charge in [0.25, 0.3) is 5.56 Å². The Kier molecular flexibility index (Phi) is 3.77. The van der Waals surface area contributed by atoms with Gasteiger partial charge in [-0.3, -0.25) is 4.79 Å². The van der Waals surface area contributed by atoms with Gasteiger partial charge >= 0.3 is 0 Å². The summed E-state index contributed by atoms with van der Waals surface area (Å²) in [4.78, 5) is 11.6. The molecule has 0 fully saturated rings. The van der Waals surface area contributed by atoms with E-state index in [4.69, 9.17) is 11.6 Å². The molecular formula is C15H10ClF2N3O. The molecule has 0 aliphatic rings. The number of hydrogen-bond donors (Lipinski definition) is 2. The maximum absolute atomic E-state index is 13.1. The highest BCUT2D eigenvalue weighted by Crippen LogP contribution is 2.22. The molecule has 0 amide bonds. The van der Waals surface area contributed by atoms with Crippen LogP contribution in [-0.2, 0) is 6.54 Å². The van der Waals surface area contributed by atoms with E-state index in [1.807, 2.05) is 0 Å². The molecule has 2 N–H and O–H groups in total. The van der Waals surface area contributed by atoms with Crippen LogP contribution in [0, 0.1) is 11.6 Å². The van der Waals surface area contributed by atoms with Gasteiger partial charge in [0, 0.05) is 17.6 Å². The minimum atomic E-state index is -0.892. The number of anilines is 1. The molecule has 0 radical (unpaired) electrons. The summed E-state index contributed by atoms with van der Waals surface area (Å²) in [5.74, 6) is -1.77. The average Bonchev–Trinajstić information content (AvgIpc) is 2.52. The summed E-state index contributed by atoms with van der Waals surface area (Å²) < 4.78 is 26.0. The van der Waals surface area contributed by atoms with Crippen LogP contribution < -0.4 is 10.9 Å². The third kappa shape index (κ3) is 2.78. The van der Waals surface area contributed by atoms with Crippen LogP contribution >= 0.6 is 11.6 Å². The molecule has 1 heterocycles. The van der Waals surface area contributed by atoms with Crippen molar-refractivity contribution >= 4 is 28.1 Å². The molecule has 0 aliphatic heterocycles. The molecule has 0 aliphatic carbocycles. The highest BCUT2D eigenvalue weighted by atomic mass is 35.5. The molecule has 22 heavy (non-hydrogen) atoms. The lowest BCUT2D eigenvalue weighted by Gasteiger charge is -2.08. The van der Waals surface area contributed by atoms with Crippen LogP contribution in [0.3, 0.4) is 0 Å². The number of nitrogens with zero attached hydrogens (tertiary/aromatic N) is 1. The van der Waals surface area contributed by atoms with E-state index in [0.29, 0.717) is 28.6 Å². The first kappa shape index (κ1) is 14.5. The Morgan fingerprint density at radius 3 is 2.68 bits per heavy atom. The van der Waals surface area contributed by atoms with Gasteiger partial charge in [-0.15, -0.1) is 0 Å². The number of hydrogen-bond acceptors (Lipinski definition) is 3. The van der Waals surface area contributed by atoms with Crippen molar-refractivity contribution in [1.29, 1.82) is 0 Å². The Labute approximate surface area is 128 Å². The van der Waals surface area contributed by atoms with E-state index in [1.54, 1.807) is 18.2 Å². The van der Waals surface area contributed by atoms with Crippen molar-refractivity contribution in [3.63, 3.8) is 0 Å². The van der Waals surface area contributed by atoms with Gasteiger partial charge in [-0.1, -0.05) is 17.7 Å². The van der Waals surface area contributed by atoms with Crippen LogP contribution in [0.15, 0.2) is 41.2 Å². The predicted octanol–water partition coefficient (Wildman–Crippen LogP) is 3.47. The highest BCUT2D eigenvalue weighted by Gasteiger charge is 2.06. The third-order valence-corrected chi connectivity index (χ3v) is 3.51. The van der Waals surface area contributed by atoms with Crippen molar-refractivity contribution < 1.29 is 8.78 Å². The molecule has 112 valence electrons. The molecule has 4 nitrogen and oxygen atoms in total. The maximum atomic E-state index is 13.1. The predicted molar refractivity (Wildman–Crippen MR) is 81.1 cm³/mol. The largest absolute Gasteiger partial charge is 0.381 e. The lowest BCUT2D eigenvalue weighted by atomic mass is 10.1. The number of nitrogens with one attached hydrogen (secondary N) is 2. The maximum Gasteiger partial charge on any atom is 0.272 e. The van der Waals surface area contributed by atoms with Crippen LogP contribution in [0.5, 0.6) is 0 Å². The molecule has 7 heteroatoms. The van der Waals surface area contributed by atoms with E-state index < -0.39 is 11.6 Å². The molecule has 0 atom stereocenters. The molecule has 0 unspecified atom stereocenters. The number of rotatable bonds is 3. The second-order valence-electron chi connectivity index (χ2n) is 4.71. The van der Waals surface area contributed by atoms with E-state index in [2.05, 4.69) is 15.5 Å². The fourth-order valence-electron chi connectivity index (χ4n) is 2.10. The van der Waals surface area contributed by atoms with Crippen molar-refractivity contribution in [2.75, 3.05) is 5.32 Å². The number of H-pyrrole nitrogens is 1. The topological polar surface area (TPSA) is 57.8 Å². The van der Waals surface area contributed by atoms with Gasteiger partial charge in [0.1, 0.15) is 0 Å². The second kappa shape index (κ2) is 5.73. The second-order valence-corrected chi connectivity index (χ2v) is 5.06. The zero-order valence-electron chi connectivity index (χ0n) is 11.2. The minimum absolute atomic E-state index is 0.186. The van der Waals surface area contributed by atoms with Gasteiger partial charge in [0.2, 0.25) is 0 Å². The summed E-state index contributed by atoms with van der Waals surface area (Å²) >= 11 is 5.96. The summed E-state index contributed by atoms with van der Waals surface area (Å²) in [6.45, 7) is 0.303. The fourth-order valence-corrected chi connectivity index (χ4v) is 2.30. The van der Waals surface area contributed by atoms with Crippen molar-refractivity contribution in [3.05, 3.63) is 69.1 Å². The lowest BCUT2D eigenvalue weighted by molar-refractivity contribution is 0.507. The smallest absolute Gasteiger partial charge is 0.272 e. The summed E-state index contributed by atoms with van der Waals surface area (Å²) in [5.41, 5.74) is 0.951. The Balaban J connectivity index is 1.86. The van der Waals surface area contributed by atoms with Gasteiger partial charge in [0.05, 0.1) is 5.39 Å². The van der Waals surface area contributed by atoms with Gasteiger partial charge in [-0.25, -0.2) is 13.9 Å². The van der Waals surface area contributed by atoms with Gasteiger partial charge in [-0.05, 0) is 35.9 Å². The first-order valence-electron chi connectivity index (χ1n) is 6.40. The molecule has 3 aromatic rings. The minimum Gasteiger partial charge on any atom is -0.381 e. The van der Waals surface area contributed by atoms with E-state index in [-0.39, 0.29) is 10.7 Å². The Hall–Kier alpha value is -2.47. The quantitative estimate of drug-likeness (QED) is 0.776. The van der Waals surface area contributed by atoms with E-state index in [1.165, 1.54) is 6.07 Å². The fraction of sp³-hybridized carbons (Fsp3) is 0.0667. The van der Waals surface area contributed by atoms with Crippen LogP contribution in [-0.4, -0.2) is 10.2 Å². The number of benzene rings is 2. The van der Waals surface area contributed by atoms with Crippen molar-refractivity contribution in [1.82, 2.24) is 10.2 Å². The molecule has 0 saturated heterocycles. The molecule has 2 aromatic carbocycles. The van der Waals surface area contributed by atoms with Crippen molar-refractivity contribution in [2.24, 2.45) is 0 Å². The van der Waals surface area contributed by atoms with Crippen molar-refractivity contribution in [2.45, 2.75) is 6.54 Å². The number of aromatic amines is 1. The van der Waals surface area contributed by atoms with Crippen LogP contribution in [0.2, 0.25) is 5.15 Å². The highest BCUT2D eigenvalue weighted by molar-refractivity contribution is 6.34. The monoisotopic (exact) mass is 321 g/mol. The molecule has 0 bridgehead atoms. The zero-order chi connectivity index (χ0) is 15.7. The Morgan fingerprint density at radius 1 is 1.09 bits per heavy atom. The SMILES string of the molecule is O=c1[nH]nc(Cl)c2cc(NCc3ccc(F)c(F)c3)ccc12. The number of fused-ring (bicyclic) bond motifs is 1. The lowest BCUT2D eigenvalue weighted by Crippen LogP contribution is -2.08. The summed E-state index contributed by atoms with van der Waals surface area (Å²) in [7, 11) is 0. The van der Waals surface area contributed by atoms with Gasteiger partial charge < -0.3 is 5.32 Å². The van der Waals surface area contributed by atoms with Crippen LogP contribution in [0.4, 0.5) is 14.5 Å². The molecular weight excluding hydrogens is 312 g/mol. The Morgan fingerprint density at radius 2 is 1.91 bits per heavy atom. The van der Waals surface area contributed by atoms with Gasteiger partial charge in [-0.2, -0.15) is 5.10 Å². The van der Waals surface area contributed by atoms with Crippen LogP contribution in [0.25, 0.3) is 10.8 Å². The molecule has 0 saturated carbocycles. The van der Waals surface area contributed by atoms with Gasteiger partial charge in [0.15, 0.2) is 16.8 Å². The molecule has 3 rings (SSSR count). The summed E-state index contributed by atoms with van der Waals surface area (Å²) in [5, 5.41) is 10.2. The average molecular weight is 322 g/mol. The van der Waals surface area contributed by atoms with E-state index in [9.17, 15) is 13.6 Å². The molecule has 1 aromatic heterocycles. The van der Waals surface area contributed by atoms with Crippen molar-refractivity contribution in [3.8, 4) is 0 Å². The Bertz CT molecular complexity index is 911. The standard InChI is InChI=1S/C15H10ClF2N3O/c16-14-11-6-9(2-3-10(11)15(22)21-20-14)19-7-8-1-4-12(17)13(18)5-8/h1-6,19H,7H2,(H,21,22). The first-order valence-corrected chi connectivity index (χ1v) is 6.78. The van der Waals surface area contributed by atoms with E-state index >= 15 is 0 Å². The normalized spacial score (nSPS) is 10.9. The third-order valence-electron chi connectivity index (χ3n) is 3.22.